The first kappa shape index (κ1) is 21.9. The van der Waals surface area contributed by atoms with Crippen LogP contribution >= 0.6 is 23.1 Å². The summed E-state index contributed by atoms with van der Waals surface area (Å²) in [4.78, 5) is 34.1. The van der Waals surface area contributed by atoms with E-state index in [1.165, 1.54) is 23.1 Å². The molecule has 2 aromatic carbocycles. The topological polar surface area (TPSA) is 102 Å². The molecular weight excluding hydrogens is 472 g/mol. The minimum absolute atomic E-state index is 0.0845. The molecule has 0 saturated carbocycles. The van der Waals surface area contributed by atoms with Gasteiger partial charge in [0.25, 0.3) is 5.91 Å². The highest BCUT2D eigenvalue weighted by Crippen LogP contribution is 2.34. The van der Waals surface area contributed by atoms with E-state index in [9.17, 15) is 9.59 Å². The molecule has 170 valence electrons. The summed E-state index contributed by atoms with van der Waals surface area (Å²) in [5.74, 6) is 0.759. The summed E-state index contributed by atoms with van der Waals surface area (Å²) in [6.45, 7) is 0.168. The minimum atomic E-state index is -0.333. The van der Waals surface area contributed by atoms with E-state index >= 15 is 0 Å². The summed E-state index contributed by atoms with van der Waals surface area (Å²) < 4.78 is 10.6. The Kier molecular flexibility index (Phi) is 6.41. The van der Waals surface area contributed by atoms with Crippen molar-refractivity contribution in [3.63, 3.8) is 0 Å². The third-order valence-electron chi connectivity index (χ3n) is 4.81. The van der Waals surface area contributed by atoms with Gasteiger partial charge in [0, 0.05) is 28.9 Å². The molecule has 1 aliphatic heterocycles. The van der Waals surface area contributed by atoms with Crippen LogP contribution in [0.4, 0.5) is 10.8 Å². The number of amides is 2. The van der Waals surface area contributed by atoms with Gasteiger partial charge in [-0.05, 0) is 24.3 Å². The number of nitrogens with zero attached hydrogens (tertiary/aromatic N) is 2. The van der Waals surface area contributed by atoms with Gasteiger partial charge in [-0.25, -0.2) is 9.97 Å². The second-order valence-electron chi connectivity index (χ2n) is 7.12. The van der Waals surface area contributed by atoms with Crippen molar-refractivity contribution in [1.29, 1.82) is 0 Å². The zero-order chi connectivity index (χ0) is 23.3. The lowest BCUT2D eigenvalue weighted by molar-refractivity contribution is -0.113. The molecule has 2 amide bonds. The molecule has 0 aliphatic carbocycles. The Hall–Kier alpha value is -3.89. The molecule has 4 aromatic rings. The lowest BCUT2D eigenvalue weighted by Crippen LogP contribution is -2.16. The zero-order valence-electron chi connectivity index (χ0n) is 17.7. The van der Waals surface area contributed by atoms with E-state index < -0.39 is 0 Å². The van der Waals surface area contributed by atoms with Gasteiger partial charge in [-0.1, -0.05) is 42.1 Å². The number of rotatable bonds is 7. The molecule has 0 saturated heterocycles. The molecule has 0 atom stereocenters. The van der Waals surface area contributed by atoms with Crippen LogP contribution < -0.4 is 20.1 Å². The number of anilines is 2. The number of thiazole rings is 1. The quantitative estimate of drug-likeness (QED) is 0.355. The van der Waals surface area contributed by atoms with Gasteiger partial charge in [0.15, 0.2) is 16.6 Å². The van der Waals surface area contributed by atoms with Gasteiger partial charge in [-0.3, -0.25) is 14.9 Å². The van der Waals surface area contributed by atoms with E-state index in [1.54, 1.807) is 36.5 Å². The number of pyridine rings is 1. The maximum Gasteiger partial charge on any atom is 0.260 e. The summed E-state index contributed by atoms with van der Waals surface area (Å²) in [6, 6.07) is 18.3. The van der Waals surface area contributed by atoms with Gasteiger partial charge >= 0.3 is 0 Å². The van der Waals surface area contributed by atoms with E-state index in [0.29, 0.717) is 32.9 Å². The van der Waals surface area contributed by atoms with Gasteiger partial charge < -0.3 is 14.8 Å². The standard InChI is InChI=1S/C24H18N4O4S2/c29-21(26-16-8-9-19-20(11-16)32-14-31-19)13-33-23-17(7-4-10-25-23)22(30)28-24-27-18(12-34-24)15-5-2-1-3-6-15/h1-12H,13-14H2,(H,26,29)(H,27,28,30). The first-order valence-electron chi connectivity index (χ1n) is 10.3. The van der Waals surface area contributed by atoms with Gasteiger partial charge in [0.1, 0.15) is 5.03 Å². The average molecular weight is 491 g/mol. The fourth-order valence-electron chi connectivity index (χ4n) is 3.22. The number of hydrogen-bond donors (Lipinski definition) is 2. The number of carbonyl (C=O) groups is 2. The van der Waals surface area contributed by atoms with Crippen LogP contribution in [0, 0.1) is 0 Å². The predicted octanol–water partition coefficient (Wildman–Crippen LogP) is 4.92. The number of benzene rings is 2. The number of carbonyl (C=O) groups excluding carboxylic acids is 2. The van der Waals surface area contributed by atoms with E-state index in [0.717, 1.165) is 11.3 Å². The van der Waals surface area contributed by atoms with Crippen LogP contribution in [0.2, 0.25) is 0 Å². The normalized spacial score (nSPS) is 11.8. The summed E-state index contributed by atoms with van der Waals surface area (Å²) in [5, 5.41) is 8.49. The van der Waals surface area contributed by atoms with Crippen LogP contribution in [0.25, 0.3) is 11.3 Å². The molecule has 3 heterocycles. The molecule has 0 radical (unpaired) electrons. The highest BCUT2D eigenvalue weighted by Gasteiger charge is 2.17. The van der Waals surface area contributed by atoms with Gasteiger partial charge in [-0.2, -0.15) is 0 Å². The molecule has 8 nitrogen and oxygen atoms in total. The summed E-state index contributed by atoms with van der Waals surface area (Å²) >= 11 is 2.53. The largest absolute Gasteiger partial charge is 0.454 e. The van der Waals surface area contributed by atoms with Crippen LogP contribution in [0.15, 0.2) is 77.3 Å². The first-order chi connectivity index (χ1) is 16.7. The van der Waals surface area contributed by atoms with Crippen molar-refractivity contribution in [3.05, 3.63) is 77.8 Å². The molecule has 1 aliphatic rings. The Balaban J connectivity index is 1.21. The lowest BCUT2D eigenvalue weighted by Gasteiger charge is -2.09. The molecular formula is C24H18N4O4S2. The van der Waals surface area contributed by atoms with Crippen molar-refractivity contribution in [2.24, 2.45) is 0 Å². The number of nitrogens with one attached hydrogen (secondary N) is 2. The van der Waals surface area contributed by atoms with Crippen LogP contribution in [0.5, 0.6) is 11.5 Å². The fraction of sp³-hybridized carbons (Fsp3) is 0.0833. The number of ether oxygens (including phenoxy) is 2. The summed E-state index contributed by atoms with van der Waals surface area (Å²) in [6.07, 6.45) is 1.59. The second kappa shape index (κ2) is 9.94. The lowest BCUT2D eigenvalue weighted by atomic mass is 10.2. The van der Waals surface area contributed by atoms with E-state index in [2.05, 4.69) is 20.6 Å². The van der Waals surface area contributed by atoms with Crippen molar-refractivity contribution in [2.75, 3.05) is 23.2 Å². The molecule has 0 unspecified atom stereocenters. The number of fused-ring (bicyclic) bond motifs is 1. The van der Waals surface area contributed by atoms with Crippen LogP contribution in [0.1, 0.15) is 10.4 Å². The third-order valence-corrected chi connectivity index (χ3v) is 6.57. The van der Waals surface area contributed by atoms with Gasteiger partial charge in [0.2, 0.25) is 12.7 Å². The van der Waals surface area contributed by atoms with Crippen molar-refractivity contribution in [1.82, 2.24) is 9.97 Å². The van der Waals surface area contributed by atoms with Crippen molar-refractivity contribution in [2.45, 2.75) is 5.03 Å². The molecule has 0 spiro atoms. The summed E-state index contributed by atoms with van der Waals surface area (Å²) in [5.41, 5.74) is 2.75. The smallest absolute Gasteiger partial charge is 0.260 e. The SMILES string of the molecule is O=C(CSc1ncccc1C(=O)Nc1nc(-c2ccccc2)cs1)Nc1ccc2c(c1)OCO2. The highest BCUT2D eigenvalue weighted by atomic mass is 32.2. The van der Waals surface area contributed by atoms with Gasteiger partial charge in [-0.15, -0.1) is 11.3 Å². The highest BCUT2D eigenvalue weighted by molar-refractivity contribution is 8.00. The Labute approximate surface area is 203 Å². The minimum Gasteiger partial charge on any atom is -0.454 e. The van der Waals surface area contributed by atoms with Crippen molar-refractivity contribution < 1.29 is 19.1 Å². The maximum atomic E-state index is 12.9. The predicted molar refractivity (Wildman–Crippen MR) is 132 cm³/mol. The molecule has 10 heteroatoms. The molecule has 2 aromatic heterocycles. The number of thioether (sulfide) groups is 1. The van der Waals surface area contributed by atoms with Crippen LogP contribution in [0.3, 0.4) is 0 Å². The average Bonchev–Trinajstić information content (AvgIpc) is 3.53. The van der Waals surface area contributed by atoms with Crippen molar-refractivity contribution in [3.8, 4) is 22.8 Å². The maximum absolute atomic E-state index is 12.9. The number of hydrogen-bond acceptors (Lipinski definition) is 8. The summed E-state index contributed by atoms with van der Waals surface area (Å²) in [7, 11) is 0. The van der Waals surface area contributed by atoms with Crippen molar-refractivity contribution >= 4 is 45.7 Å². The van der Waals surface area contributed by atoms with Crippen LogP contribution in [-0.2, 0) is 4.79 Å². The third kappa shape index (κ3) is 5.03. The molecule has 0 bridgehead atoms. The second-order valence-corrected chi connectivity index (χ2v) is 8.94. The van der Waals surface area contributed by atoms with E-state index in [-0.39, 0.29) is 24.4 Å². The Morgan fingerprint density at radius 1 is 1.00 bits per heavy atom. The van der Waals surface area contributed by atoms with Gasteiger partial charge in [0.05, 0.1) is 17.0 Å². The Morgan fingerprint density at radius 2 is 1.85 bits per heavy atom. The Bertz CT molecular complexity index is 1340. The van der Waals surface area contributed by atoms with E-state index in [1.807, 2.05) is 35.7 Å². The zero-order valence-corrected chi connectivity index (χ0v) is 19.3. The number of aromatic nitrogens is 2. The molecule has 34 heavy (non-hydrogen) atoms. The van der Waals surface area contributed by atoms with E-state index in [4.69, 9.17) is 9.47 Å². The Morgan fingerprint density at radius 3 is 2.74 bits per heavy atom. The molecule has 2 N–H and O–H groups in total. The molecule has 5 rings (SSSR count). The molecule has 0 fully saturated rings. The van der Waals surface area contributed by atoms with Crippen LogP contribution in [-0.4, -0.2) is 34.3 Å². The monoisotopic (exact) mass is 490 g/mol. The first-order valence-corrected chi connectivity index (χ1v) is 12.1. The fourth-order valence-corrected chi connectivity index (χ4v) is 4.73.